The highest BCUT2D eigenvalue weighted by atomic mass is 16.5. The van der Waals surface area contributed by atoms with Crippen molar-refractivity contribution in [1.82, 2.24) is 29.7 Å². The maximum atomic E-state index is 12.5. The van der Waals surface area contributed by atoms with Gasteiger partial charge in [0.2, 0.25) is 5.91 Å². The molecule has 9 nitrogen and oxygen atoms in total. The van der Waals surface area contributed by atoms with Crippen molar-refractivity contribution in [1.29, 1.82) is 0 Å². The van der Waals surface area contributed by atoms with Crippen molar-refractivity contribution in [3.05, 3.63) is 48.7 Å². The predicted molar refractivity (Wildman–Crippen MR) is 115 cm³/mol. The molecule has 5 heterocycles. The van der Waals surface area contributed by atoms with Crippen LogP contribution in [0.2, 0.25) is 0 Å². The summed E-state index contributed by atoms with van der Waals surface area (Å²) in [6.45, 7) is 2.52. The number of aromatic nitrogens is 6. The van der Waals surface area contributed by atoms with Gasteiger partial charge in [-0.1, -0.05) is 0 Å². The molecule has 1 aliphatic rings. The molecule has 0 unspecified atom stereocenters. The number of anilines is 1. The van der Waals surface area contributed by atoms with E-state index < -0.39 is 0 Å². The van der Waals surface area contributed by atoms with Gasteiger partial charge in [0.05, 0.1) is 36.4 Å². The van der Waals surface area contributed by atoms with Crippen LogP contribution in [0.1, 0.15) is 25.0 Å². The molecule has 1 fully saturated rings. The summed E-state index contributed by atoms with van der Waals surface area (Å²) in [6.07, 6.45) is 9.26. The number of hydrogen-bond acceptors (Lipinski definition) is 7. The fourth-order valence-corrected chi connectivity index (χ4v) is 3.76. The quantitative estimate of drug-likeness (QED) is 0.505. The SMILES string of the molecule is COc1ccc(-n2ncc3cnc(-c4cncc(C)n4)cc32)nc1N1CCCCC1=O. The van der Waals surface area contributed by atoms with Crippen LogP contribution in [-0.4, -0.2) is 49.3 Å². The van der Waals surface area contributed by atoms with Crippen molar-refractivity contribution in [3.8, 4) is 23.0 Å². The first-order valence-corrected chi connectivity index (χ1v) is 10.1. The van der Waals surface area contributed by atoms with Gasteiger partial charge < -0.3 is 4.74 Å². The molecule has 0 aromatic carbocycles. The molecule has 1 saturated heterocycles. The van der Waals surface area contributed by atoms with Crippen molar-refractivity contribution >= 4 is 22.6 Å². The molecule has 1 amide bonds. The Morgan fingerprint density at radius 3 is 2.74 bits per heavy atom. The second-order valence-corrected chi connectivity index (χ2v) is 7.43. The normalized spacial score (nSPS) is 14.3. The number of nitrogens with zero attached hydrogens (tertiary/aromatic N) is 7. The van der Waals surface area contributed by atoms with Crippen molar-refractivity contribution in [2.45, 2.75) is 26.2 Å². The van der Waals surface area contributed by atoms with Crippen LogP contribution in [0.4, 0.5) is 5.82 Å². The van der Waals surface area contributed by atoms with Crippen molar-refractivity contribution in [2.75, 3.05) is 18.6 Å². The minimum Gasteiger partial charge on any atom is -0.493 e. The third kappa shape index (κ3) is 3.48. The smallest absolute Gasteiger partial charge is 0.228 e. The number of hydrogen-bond donors (Lipinski definition) is 0. The molecule has 9 heteroatoms. The molecule has 0 N–H and O–H groups in total. The Bertz CT molecular complexity index is 1280. The molecule has 0 aliphatic carbocycles. The molecule has 0 radical (unpaired) electrons. The van der Waals surface area contributed by atoms with Crippen molar-refractivity contribution in [2.24, 2.45) is 0 Å². The van der Waals surface area contributed by atoms with Crippen molar-refractivity contribution in [3.63, 3.8) is 0 Å². The number of ether oxygens (including phenoxy) is 1. The van der Waals surface area contributed by atoms with Crippen LogP contribution in [0.25, 0.3) is 28.1 Å². The van der Waals surface area contributed by atoms with E-state index in [4.69, 9.17) is 9.72 Å². The van der Waals surface area contributed by atoms with E-state index in [0.717, 1.165) is 29.4 Å². The van der Waals surface area contributed by atoms with Gasteiger partial charge in [-0.25, -0.2) is 14.6 Å². The standard InChI is InChI=1S/C22H21N7O2/c1-14-10-23-13-17(26-14)16-9-18-15(11-24-16)12-25-29(18)20-7-6-19(31-2)22(27-20)28-8-4-3-5-21(28)30/h6-7,9-13H,3-5,8H2,1-2H3. The monoisotopic (exact) mass is 415 g/mol. The first-order chi connectivity index (χ1) is 15.1. The Kier molecular flexibility index (Phi) is 4.78. The maximum absolute atomic E-state index is 12.5. The summed E-state index contributed by atoms with van der Waals surface area (Å²) in [4.78, 5) is 32.2. The van der Waals surface area contributed by atoms with E-state index in [1.807, 2.05) is 25.1 Å². The lowest BCUT2D eigenvalue weighted by Crippen LogP contribution is -2.36. The highest BCUT2D eigenvalue weighted by Gasteiger charge is 2.25. The first-order valence-electron chi connectivity index (χ1n) is 10.1. The fourth-order valence-electron chi connectivity index (χ4n) is 3.76. The van der Waals surface area contributed by atoms with Crippen LogP contribution >= 0.6 is 0 Å². The lowest BCUT2D eigenvalue weighted by atomic mass is 10.1. The molecule has 0 bridgehead atoms. The zero-order chi connectivity index (χ0) is 21.4. The van der Waals surface area contributed by atoms with Crippen LogP contribution in [0.3, 0.4) is 0 Å². The molecule has 1 aliphatic heterocycles. The molecule has 4 aromatic heterocycles. The number of amides is 1. The molecular formula is C22H21N7O2. The van der Waals surface area contributed by atoms with Gasteiger partial charge in [0.25, 0.3) is 0 Å². The number of rotatable bonds is 4. The van der Waals surface area contributed by atoms with E-state index in [-0.39, 0.29) is 5.91 Å². The van der Waals surface area contributed by atoms with Crippen LogP contribution < -0.4 is 9.64 Å². The number of carbonyl (C=O) groups excluding carboxylic acids is 1. The molecule has 0 saturated carbocycles. The summed E-state index contributed by atoms with van der Waals surface area (Å²) in [6, 6.07) is 5.57. The van der Waals surface area contributed by atoms with Crippen LogP contribution in [-0.2, 0) is 4.79 Å². The zero-order valence-corrected chi connectivity index (χ0v) is 17.3. The third-order valence-electron chi connectivity index (χ3n) is 5.31. The van der Waals surface area contributed by atoms with Crippen LogP contribution in [0.15, 0.2) is 43.0 Å². The Labute approximate surface area is 178 Å². The van der Waals surface area contributed by atoms with Crippen molar-refractivity contribution < 1.29 is 9.53 Å². The highest BCUT2D eigenvalue weighted by molar-refractivity contribution is 5.94. The zero-order valence-electron chi connectivity index (χ0n) is 17.3. The van der Waals surface area contributed by atoms with Gasteiger partial charge in [0.1, 0.15) is 5.69 Å². The second kappa shape index (κ2) is 7.75. The van der Waals surface area contributed by atoms with Crippen LogP contribution in [0.5, 0.6) is 5.75 Å². The summed E-state index contributed by atoms with van der Waals surface area (Å²) in [7, 11) is 1.58. The van der Waals surface area contributed by atoms with E-state index in [2.05, 4.69) is 20.1 Å². The van der Waals surface area contributed by atoms with Gasteiger partial charge in [-0.15, -0.1) is 0 Å². The number of piperidine rings is 1. The highest BCUT2D eigenvalue weighted by Crippen LogP contribution is 2.31. The summed E-state index contributed by atoms with van der Waals surface area (Å²) >= 11 is 0. The minimum atomic E-state index is 0.0593. The average Bonchev–Trinajstić information content (AvgIpc) is 3.22. The summed E-state index contributed by atoms with van der Waals surface area (Å²) in [5.41, 5.74) is 3.05. The number of pyridine rings is 2. The summed E-state index contributed by atoms with van der Waals surface area (Å²) < 4.78 is 7.22. The van der Waals surface area contributed by atoms with Gasteiger partial charge >= 0.3 is 0 Å². The number of fused-ring (bicyclic) bond motifs is 1. The van der Waals surface area contributed by atoms with E-state index in [9.17, 15) is 4.79 Å². The largest absolute Gasteiger partial charge is 0.493 e. The topological polar surface area (TPSA) is 98.9 Å². The summed E-state index contributed by atoms with van der Waals surface area (Å²) in [5.74, 6) is 1.74. The first kappa shape index (κ1) is 19.1. The molecule has 156 valence electrons. The minimum absolute atomic E-state index is 0.0593. The number of aryl methyl sites for hydroxylation is 1. The van der Waals surface area contributed by atoms with Crippen LogP contribution in [0, 0.1) is 6.92 Å². The van der Waals surface area contributed by atoms with Gasteiger partial charge in [-0.2, -0.15) is 5.10 Å². The number of carbonyl (C=O) groups is 1. The summed E-state index contributed by atoms with van der Waals surface area (Å²) in [5, 5.41) is 5.39. The predicted octanol–water partition coefficient (Wildman–Crippen LogP) is 3.11. The fraction of sp³-hybridized carbons (Fsp3) is 0.273. The van der Waals surface area contributed by atoms with E-state index >= 15 is 0 Å². The third-order valence-corrected chi connectivity index (χ3v) is 5.31. The van der Waals surface area contributed by atoms with Gasteiger partial charge in [-0.05, 0) is 38.0 Å². The molecular weight excluding hydrogens is 394 g/mol. The number of methoxy groups -OCH3 is 1. The molecule has 5 rings (SSSR count). The van der Waals surface area contributed by atoms with Gasteiger partial charge in [-0.3, -0.25) is 19.7 Å². The molecule has 0 atom stereocenters. The molecule has 0 spiro atoms. The molecule has 31 heavy (non-hydrogen) atoms. The van der Waals surface area contributed by atoms with E-state index in [0.29, 0.717) is 41.7 Å². The average molecular weight is 415 g/mol. The second-order valence-electron chi connectivity index (χ2n) is 7.43. The molecule has 4 aromatic rings. The lowest BCUT2D eigenvalue weighted by molar-refractivity contribution is -0.119. The van der Waals surface area contributed by atoms with E-state index in [1.165, 1.54) is 0 Å². The van der Waals surface area contributed by atoms with E-state index in [1.54, 1.807) is 41.5 Å². The van der Waals surface area contributed by atoms with Gasteiger partial charge in [0, 0.05) is 30.7 Å². The lowest BCUT2D eigenvalue weighted by Gasteiger charge is -2.27. The Hall–Kier alpha value is -3.88. The van der Waals surface area contributed by atoms with Gasteiger partial charge in [0.15, 0.2) is 17.4 Å². The Balaban J connectivity index is 1.61. The maximum Gasteiger partial charge on any atom is 0.228 e. The Morgan fingerprint density at radius 2 is 1.94 bits per heavy atom. The Morgan fingerprint density at radius 1 is 1.03 bits per heavy atom.